The highest BCUT2D eigenvalue weighted by Crippen LogP contribution is 2.31. The fraction of sp³-hybridized carbons (Fsp3) is 0.950. The van der Waals surface area contributed by atoms with Crippen molar-refractivity contribution in [1.82, 2.24) is 0 Å². The standard InChI is InChI=1S/C20H38O5/c1-17(15-22)16-24-20(23)13-9-4-2-3-7-11-18-19(25-18)12-8-5-6-10-14-21/h17-19,21-22H,2-16H2,1H3. The summed E-state index contributed by atoms with van der Waals surface area (Å²) in [7, 11) is 0. The molecule has 1 heterocycles. The van der Waals surface area contributed by atoms with Gasteiger partial charge in [0.05, 0.1) is 18.8 Å². The van der Waals surface area contributed by atoms with Crippen molar-refractivity contribution in [3.8, 4) is 0 Å². The molecule has 1 fully saturated rings. The largest absolute Gasteiger partial charge is 0.465 e. The summed E-state index contributed by atoms with van der Waals surface area (Å²) in [5.74, 6) is -0.119. The lowest BCUT2D eigenvalue weighted by Gasteiger charge is -2.08. The Labute approximate surface area is 153 Å². The minimum absolute atomic E-state index is 0.0259. The van der Waals surface area contributed by atoms with E-state index in [0.717, 1.165) is 25.7 Å². The predicted octanol–water partition coefficient (Wildman–Crippen LogP) is 3.60. The average Bonchev–Trinajstić information content (AvgIpc) is 3.36. The summed E-state index contributed by atoms with van der Waals surface area (Å²) in [5, 5.41) is 17.6. The maximum absolute atomic E-state index is 11.5. The monoisotopic (exact) mass is 358 g/mol. The van der Waals surface area contributed by atoms with Crippen molar-refractivity contribution in [3.05, 3.63) is 0 Å². The van der Waals surface area contributed by atoms with Gasteiger partial charge >= 0.3 is 5.97 Å². The van der Waals surface area contributed by atoms with Gasteiger partial charge in [0.15, 0.2) is 0 Å². The molecule has 25 heavy (non-hydrogen) atoms. The molecule has 0 saturated carbocycles. The Kier molecular flexibility index (Phi) is 13.0. The molecule has 0 bridgehead atoms. The summed E-state index contributed by atoms with van der Waals surface area (Å²) in [6.07, 6.45) is 13.8. The van der Waals surface area contributed by atoms with Gasteiger partial charge in [-0.25, -0.2) is 0 Å². The van der Waals surface area contributed by atoms with Crippen LogP contribution < -0.4 is 0 Å². The summed E-state index contributed by atoms with van der Waals surface area (Å²) in [6, 6.07) is 0. The minimum Gasteiger partial charge on any atom is -0.465 e. The molecule has 5 nitrogen and oxygen atoms in total. The van der Waals surface area contributed by atoms with E-state index in [9.17, 15) is 4.79 Å². The number of carbonyl (C=O) groups excluding carboxylic acids is 1. The van der Waals surface area contributed by atoms with Gasteiger partial charge < -0.3 is 19.7 Å². The Morgan fingerprint density at radius 3 is 2.08 bits per heavy atom. The van der Waals surface area contributed by atoms with Crippen molar-refractivity contribution < 1.29 is 24.5 Å². The molecule has 1 saturated heterocycles. The number of epoxide rings is 1. The number of ether oxygens (including phenoxy) is 2. The number of unbranched alkanes of at least 4 members (excludes halogenated alkanes) is 7. The molecule has 1 aliphatic heterocycles. The lowest BCUT2D eigenvalue weighted by molar-refractivity contribution is -0.145. The summed E-state index contributed by atoms with van der Waals surface area (Å²) in [6.45, 7) is 2.55. The molecule has 3 unspecified atom stereocenters. The van der Waals surface area contributed by atoms with Gasteiger partial charge in [-0.3, -0.25) is 4.79 Å². The first-order valence-corrected chi connectivity index (χ1v) is 10.2. The van der Waals surface area contributed by atoms with Crippen molar-refractivity contribution in [2.45, 2.75) is 96.2 Å². The molecule has 148 valence electrons. The summed E-state index contributed by atoms with van der Waals surface area (Å²) in [4.78, 5) is 11.5. The van der Waals surface area contributed by atoms with Crippen LogP contribution in [0.4, 0.5) is 0 Å². The fourth-order valence-electron chi connectivity index (χ4n) is 3.00. The number of aliphatic hydroxyl groups excluding tert-OH is 2. The van der Waals surface area contributed by atoms with E-state index in [1.807, 2.05) is 6.92 Å². The van der Waals surface area contributed by atoms with Gasteiger partial charge in [-0.1, -0.05) is 51.9 Å². The summed E-state index contributed by atoms with van der Waals surface area (Å²) >= 11 is 0. The maximum Gasteiger partial charge on any atom is 0.305 e. The molecule has 0 aromatic heterocycles. The first-order chi connectivity index (χ1) is 12.2. The van der Waals surface area contributed by atoms with E-state index >= 15 is 0 Å². The Hall–Kier alpha value is -0.650. The van der Waals surface area contributed by atoms with Crippen LogP contribution in [0, 0.1) is 5.92 Å². The van der Waals surface area contributed by atoms with Crippen molar-refractivity contribution in [1.29, 1.82) is 0 Å². The van der Waals surface area contributed by atoms with E-state index in [-0.39, 0.29) is 18.5 Å². The number of hydrogen-bond donors (Lipinski definition) is 2. The van der Waals surface area contributed by atoms with Gasteiger partial charge in [0.1, 0.15) is 0 Å². The molecule has 1 aliphatic rings. The van der Waals surface area contributed by atoms with Gasteiger partial charge in [0, 0.05) is 25.6 Å². The Morgan fingerprint density at radius 1 is 0.920 bits per heavy atom. The highest BCUT2D eigenvalue weighted by molar-refractivity contribution is 5.69. The third-order valence-corrected chi connectivity index (χ3v) is 4.79. The van der Waals surface area contributed by atoms with Crippen LogP contribution in [-0.2, 0) is 14.3 Å². The highest BCUT2D eigenvalue weighted by Gasteiger charge is 2.36. The van der Waals surface area contributed by atoms with Crippen molar-refractivity contribution in [3.63, 3.8) is 0 Å². The normalized spacial score (nSPS) is 20.4. The quantitative estimate of drug-likeness (QED) is 0.236. The first kappa shape index (κ1) is 22.4. The number of aliphatic hydroxyl groups is 2. The molecule has 0 aromatic rings. The Morgan fingerprint density at radius 2 is 1.48 bits per heavy atom. The van der Waals surface area contributed by atoms with Crippen LogP contribution in [0.5, 0.6) is 0 Å². The number of esters is 1. The van der Waals surface area contributed by atoms with Crippen LogP contribution in [0.1, 0.15) is 84.0 Å². The van der Waals surface area contributed by atoms with Crippen LogP contribution >= 0.6 is 0 Å². The molecule has 0 aliphatic carbocycles. The SMILES string of the molecule is CC(CO)COC(=O)CCCCCCCC1OC1CCCCCCO. The zero-order chi connectivity index (χ0) is 18.3. The Bertz CT molecular complexity index is 334. The molecule has 5 heteroatoms. The molecule has 3 atom stereocenters. The second-order valence-corrected chi connectivity index (χ2v) is 7.42. The Balaban J connectivity index is 1.80. The average molecular weight is 359 g/mol. The smallest absolute Gasteiger partial charge is 0.305 e. The number of hydrogen-bond acceptors (Lipinski definition) is 5. The van der Waals surface area contributed by atoms with Crippen LogP contribution in [0.2, 0.25) is 0 Å². The van der Waals surface area contributed by atoms with Gasteiger partial charge in [-0.05, 0) is 25.7 Å². The van der Waals surface area contributed by atoms with Crippen molar-refractivity contribution in [2.24, 2.45) is 5.92 Å². The molecule has 2 N–H and O–H groups in total. The first-order valence-electron chi connectivity index (χ1n) is 10.2. The lowest BCUT2D eigenvalue weighted by atomic mass is 10.0. The van der Waals surface area contributed by atoms with Gasteiger partial charge in [-0.15, -0.1) is 0 Å². The molecule has 0 amide bonds. The van der Waals surface area contributed by atoms with Crippen molar-refractivity contribution in [2.75, 3.05) is 19.8 Å². The lowest BCUT2D eigenvalue weighted by Crippen LogP contribution is -2.14. The molecular formula is C20H38O5. The van der Waals surface area contributed by atoms with Crippen LogP contribution in [0.3, 0.4) is 0 Å². The molecule has 0 aromatic carbocycles. The third kappa shape index (κ3) is 12.4. The molecular weight excluding hydrogens is 320 g/mol. The highest BCUT2D eigenvalue weighted by atomic mass is 16.6. The van der Waals surface area contributed by atoms with Crippen molar-refractivity contribution >= 4 is 5.97 Å². The number of rotatable bonds is 17. The molecule has 0 spiro atoms. The maximum atomic E-state index is 11.5. The zero-order valence-electron chi connectivity index (χ0n) is 16.0. The van der Waals surface area contributed by atoms with Crippen LogP contribution in [-0.4, -0.2) is 48.2 Å². The second-order valence-electron chi connectivity index (χ2n) is 7.42. The molecule has 1 rings (SSSR count). The zero-order valence-corrected chi connectivity index (χ0v) is 16.0. The van der Waals surface area contributed by atoms with E-state index < -0.39 is 0 Å². The predicted molar refractivity (Wildman–Crippen MR) is 98.4 cm³/mol. The fourth-order valence-corrected chi connectivity index (χ4v) is 3.00. The topological polar surface area (TPSA) is 79.3 Å². The van der Waals surface area contributed by atoms with E-state index in [1.54, 1.807) is 0 Å². The van der Waals surface area contributed by atoms with Gasteiger partial charge in [-0.2, -0.15) is 0 Å². The van der Waals surface area contributed by atoms with Crippen LogP contribution in [0.15, 0.2) is 0 Å². The molecule has 0 radical (unpaired) electrons. The second kappa shape index (κ2) is 14.5. The van der Waals surface area contributed by atoms with Gasteiger partial charge in [0.25, 0.3) is 0 Å². The van der Waals surface area contributed by atoms with Gasteiger partial charge in [0.2, 0.25) is 0 Å². The van der Waals surface area contributed by atoms with E-state index in [1.165, 1.54) is 44.9 Å². The van der Waals surface area contributed by atoms with Crippen LogP contribution in [0.25, 0.3) is 0 Å². The minimum atomic E-state index is -0.145. The number of carbonyl (C=O) groups is 1. The summed E-state index contributed by atoms with van der Waals surface area (Å²) < 4.78 is 10.8. The van der Waals surface area contributed by atoms with E-state index in [2.05, 4.69) is 0 Å². The van der Waals surface area contributed by atoms with E-state index in [4.69, 9.17) is 19.7 Å². The van der Waals surface area contributed by atoms with E-state index in [0.29, 0.717) is 31.8 Å². The summed E-state index contributed by atoms with van der Waals surface area (Å²) in [5.41, 5.74) is 0. The third-order valence-electron chi connectivity index (χ3n) is 4.79.